The SMILES string of the molecule is Cn1cnc2cc(-c3csc(CC#N)n3)ccc21. The molecule has 0 unspecified atom stereocenters. The summed E-state index contributed by atoms with van der Waals surface area (Å²) in [5.41, 5.74) is 4.02. The van der Waals surface area contributed by atoms with E-state index in [2.05, 4.69) is 16.0 Å². The van der Waals surface area contributed by atoms with E-state index >= 15 is 0 Å². The molecule has 0 aliphatic heterocycles. The van der Waals surface area contributed by atoms with Crippen LogP contribution in [0.1, 0.15) is 5.01 Å². The lowest BCUT2D eigenvalue weighted by atomic mass is 10.1. The molecule has 5 heteroatoms. The lowest BCUT2D eigenvalue weighted by molar-refractivity contribution is 0.948. The minimum atomic E-state index is 0.372. The van der Waals surface area contributed by atoms with Crippen LogP contribution in [0.5, 0.6) is 0 Å². The molecule has 0 bridgehead atoms. The van der Waals surface area contributed by atoms with Gasteiger partial charge >= 0.3 is 0 Å². The molecule has 3 rings (SSSR count). The van der Waals surface area contributed by atoms with Crippen LogP contribution in [0.4, 0.5) is 0 Å². The van der Waals surface area contributed by atoms with E-state index in [9.17, 15) is 0 Å². The lowest BCUT2D eigenvalue weighted by Gasteiger charge is -1.98. The number of aryl methyl sites for hydroxylation is 1. The quantitative estimate of drug-likeness (QED) is 0.706. The summed E-state index contributed by atoms with van der Waals surface area (Å²) in [6.45, 7) is 0. The standard InChI is InChI=1S/C13H10N4S/c1-17-8-15-10-6-9(2-3-12(10)17)11-7-18-13(16-11)4-5-14/h2-3,6-8H,4H2,1H3. The molecule has 0 atom stereocenters. The Bertz CT molecular complexity index is 748. The summed E-state index contributed by atoms with van der Waals surface area (Å²) < 4.78 is 1.99. The molecule has 0 radical (unpaired) electrons. The summed E-state index contributed by atoms with van der Waals surface area (Å²) in [6, 6.07) is 8.22. The van der Waals surface area contributed by atoms with Gasteiger partial charge in [0, 0.05) is 18.0 Å². The Morgan fingerprint density at radius 2 is 2.33 bits per heavy atom. The molecule has 0 aliphatic rings. The minimum Gasteiger partial charge on any atom is -0.334 e. The highest BCUT2D eigenvalue weighted by Crippen LogP contribution is 2.25. The zero-order chi connectivity index (χ0) is 12.5. The smallest absolute Gasteiger partial charge is 0.107 e. The molecule has 2 heterocycles. The van der Waals surface area contributed by atoms with Gasteiger partial charge in [0.2, 0.25) is 0 Å². The first-order valence-corrected chi connectivity index (χ1v) is 6.38. The van der Waals surface area contributed by atoms with Crippen LogP contribution < -0.4 is 0 Å². The third-order valence-electron chi connectivity index (χ3n) is 2.80. The number of fused-ring (bicyclic) bond motifs is 1. The topological polar surface area (TPSA) is 54.5 Å². The van der Waals surface area contributed by atoms with Gasteiger partial charge in [-0.2, -0.15) is 5.26 Å². The predicted octanol–water partition coefficient (Wildman–Crippen LogP) is 2.76. The van der Waals surface area contributed by atoms with Gasteiger partial charge in [-0.3, -0.25) is 0 Å². The van der Waals surface area contributed by atoms with Crippen molar-refractivity contribution in [2.45, 2.75) is 6.42 Å². The van der Waals surface area contributed by atoms with Crippen molar-refractivity contribution in [1.82, 2.24) is 14.5 Å². The lowest BCUT2D eigenvalue weighted by Crippen LogP contribution is -1.84. The Balaban J connectivity index is 2.05. The maximum absolute atomic E-state index is 8.65. The van der Waals surface area contributed by atoms with Gasteiger partial charge in [-0.15, -0.1) is 11.3 Å². The first-order chi connectivity index (χ1) is 8.78. The van der Waals surface area contributed by atoms with Crippen LogP contribution in [0.2, 0.25) is 0 Å². The molecular formula is C13H10N4S. The van der Waals surface area contributed by atoms with E-state index in [0.717, 1.165) is 27.3 Å². The van der Waals surface area contributed by atoms with Crippen LogP contribution in [-0.4, -0.2) is 14.5 Å². The third-order valence-corrected chi connectivity index (χ3v) is 3.65. The fraction of sp³-hybridized carbons (Fsp3) is 0.154. The van der Waals surface area contributed by atoms with E-state index in [0.29, 0.717) is 6.42 Å². The molecule has 4 nitrogen and oxygen atoms in total. The van der Waals surface area contributed by atoms with Crippen molar-refractivity contribution in [3.63, 3.8) is 0 Å². The molecule has 1 aromatic carbocycles. The van der Waals surface area contributed by atoms with Crippen molar-refractivity contribution < 1.29 is 0 Å². The Morgan fingerprint density at radius 3 is 3.17 bits per heavy atom. The van der Waals surface area contributed by atoms with Crippen LogP contribution in [0.15, 0.2) is 29.9 Å². The van der Waals surface area contributed by atoms with Gasteiger partial charge in [-0.25, -0.2) is 9.97 Å². The largest absolute Gasteiger partial charge is 0.334 e. The van der Waals surface area contributed by atoms with E-state index in [1.165, 1.54) is 11.3 Å². The van der Waals surface area contributed by atoms with E-state index < -0.39 is 0 Å². The summed E-state index contributed by atoms with van der Waals surface area (Å²) in [5.74, 6) is 0. The molecule has 0 aliphatic carbocycles. The van der Waals surface area contributed by atoms with E-state index in [1.54, 1.807) is 6.33 Å². The molecule has 0 amide bonds. The Kier molecular flexibility index (Phi) is 2.58. The van der Waals surface area contributed by atoms with Crippen LogP contribution in [0.25, 0.3) is 22.3 Å². The number of nitriles is 1. The van der Waals surface area contributed by atoms with Gasteiger partial charge in [0.25, 0.3) is 0 Å². The van der Waals surface area contributed by atoms with Crippen molar-refractivity contribution in [2.75, 3.05) is 0 Å². The van der Waals surface area contributed by atoms with Crippen molar-refractivity contribution in [1.29, 1.82) is 5.26 Å². The second-order valence-electron chi connectivity index (χ2n) is 4.02. The van der Waals surface area contributed by atoms with Gasteiger partial charge < -0.3 is 4.57 Å². The van der Waals surface area contributed by atoms with Crippen molar-refractivity contribution in [3.8, 4) is 17.3 Å². The van der Waals surface area contributed by atoms with E-state index in [1.807, 2.05) is 35.2 Å². The van der Waals surface area contributed by atoms with Crippen LogP contribution >= 0.6 is 11.3 Å². The fourth-order valence-corrected chi connectivity index (χ4v) is 2.62. The highest BCUT2D eigenvalue weighted by Gasteiger charge is 2.07. The summed E-state index contributed by atoms with van der Waals surface area (Å²) >= 11 is 1.52. The minimum absolute atomic E-state index is 0.372. The zero-order valence-corrected chi connectivity index (χ0v) is 10.6. The Hall–Kier alpha value is -2.19. The Morgan fingerprint density at radius 1 is 1.44 bits per heavy atom. The molecule has 0 N–H and O–H groups in total. The summed E-state index contributed by atoms with van der Waals surface area (Å²) in [7, 11) is 1.98. The molecule has 18 heavy (non-hydrogen) atoms. The first-order valence-electron chi connectivity index (χ1n) is 5.51. The van der Waals surface area contributed by atoms with E-state index in [4.69, 9.17) is 5.26 Å². The molecule has 0 spiro atoms. The number of hydrogen-bond donors (Lipinski definition) is 0. The zero-order valence-electron chi connectivity index (χ0n) is 9.79. The maximum Gasteiger partial charge on any atom is 0.107 e. The average molecular weight is 254 g/mol. The van der Waals surface area contributed by atoms with Crippen molar-refractivity contribution in [3.05, 3.63) is 34.9 Å². The molecule has 3 aromatic rings. The highest BCUT2D eigenvalue weighted by atomic mass is 32.1. The van der Waals surface area contributed by atoms with Crippen LogP contribution in [0, 0.1) is 11.3 Å². The van der Waals surface area contributed by atoms with Gasteiger partial charge in [0.05, 0.1) is 35.5 Å². The van der Waals surface area contributed by atoms with Gasteiger partial charge in [0.1, 0.15) is 5.01 Å². The number of imidazole rings is 1. The van der Waals surface area contributed by atoms with Crippen LogP contribution in [0.3, 0.4) is 0 Å². The molecule has 0 fully saturated rings. The van der Waals surface area contributed by atoms with Crippen LogP contribution in [-0.2, 0) is 13.5 Å². The predicted molar refractivity (Wildman–Crippen MR) is 71.1 cm³/mol. The molecule has 88 valence electrons. The second kappa shape index (κ2) is 4.24. The monoisotopic (exact) mass is 254 g/mol. The molecular weight excluding hydrogens is 244 g/mol. The summed E-state index contributed by atoms with van der Waals surface area (Å²) in [6.07, 6.45) is 2.17. The maximum atomic E-state index is 8.65. The van der Waals surface area contributed by atoms with Gasteiger partial charge in [-0.05, 0) is 12.1 Å². The third kappa shape index (κ3) is 1.77. The number of benzene rings is 1. The van der Waals surface area contributed by atoms with Crippen molar-refractivity contribution >= 4 is 22.4 Å². The summed E-state index contributed by atoms with van der Waals surface area (Å²) in [5, 5.41) is 11.5. The highest BCUT2D eigenvalue weighted by molar-refractivity contribution is 7.10. The first kappa shape index (κ1) is 10.9. The Labute approximate surface area is 108 Å². The molecule has 0 saturated heterocycles. The van der Waals surface area contributed by atoms with Gasteiger partial charge in [0.15, 0.2) is 0 Å². The summed E-state index contributed by atoms with van der Waals surface area (Å²) in [4.78, 5) is 8.78. The molecule has 2 aromatic heterocycles. The van der Waals surface area contributed by atoms with Crippen molar-refractivity contribution in [2.24, 2.45) is 7.05 Å². The fourth-order valence-electron chi connectivity index (χ4n) is 1.89. The van der Waals surface area contributed by atoms with Gasteiger partial charge in [-0.1, -0.05) is 6.07 Å². The van der Waals surface area contributed by atoms with E-state index in [-0.39, 0.29) is 0 Å². The number of nitrogens with zero attached hydrogens (tertiary/aromatic N) is 4. The number of hydrogen-bond acceptors (Lipinski definition) is 4. The molecule has 0 saturated carbocycles. The average Bonchev–Trinajstić information content (AvgIpc) is 2.97. The number of thiazole rings is 1. The second-order valence-corrected chi connectivity index (χ2v) is 4.96. The number of rotatable bonds is 2. The normalized spacial score (nSPS) is 10.7. The number of aromatic nitrogens is 3.